The van der Waals surface area contributed by atoms with E-state index in [4.69, 9.17) is 18.4 Å². The smallest absolute Gasteiger partial charge is 0.293 e. The molecule has 0 aliphatic carbocycles. The second-order valence-corrected chi connectivity index (χ2v) is 7.53. The number of nitrogens with zero attached hydrogens (tertiary/aromatic N) is 2. The third-order valence-electron chi connectivity index (χ3n) is 3.52. The molecule has 0 saturated carbocycles. The van der Waals surface area contributed by atoms with Crippen LogP contribution in [-0.4, -0.2) is 38.8 Å². The van der Waals surface area contributed by atoms with E-state index in [0.717, 1.165) is 0 Å². The Bertz CT molecular complexity index is 1040. The molecule has 2 aromatic heterocycles. The highest BCUT2D eigenvalue weighted by Crippen LogP contribution is 2.32. The van der Waals surface area contributed by atoms with E-state index in [1.165, 1.54) is 19.2 Å². The molecule has 0 unspecified atom stereocenters. The van der Waals surface area contributed by atoms with Crippen LogP contribution in [0.25, 0.3) is 23.0 Å². The number of rotatable bonds is 7. The van der Waals surface area contributed by atoms with Gasteiger partial charge in [0.25, 0.3) is 15.9 Å². The van der Waals surface area contributed by atoms with E-state index in [9.17, 15) is 8.42 Å². The summed E-state index contributed by atoms with van der Waals surface area (Å²) in [5.41, 5.74) is 0.642. The van der Waals surface area contributed by atoms with Crippen molar-refractivity contribution in [3.05, 3.63) is 30.3 Å². The van der Waals surface area contributed by atoms with Crippen molar-refractivity contribution in [2.24, 2.45) is 0 Å². The molecule has 0 saturated heterocycles. The number of furan rings is 1. The quantitative estimate of drug-likeness (QED) is 0.651. The Morgan fingerprint density at radius 2 is 1.81 bits per heavy atom. The maximum absolute atomic E-state index is 12.1. The number of nitrogens with one attached hydrogen (secondary N) is 1. The van der Waals surface area contributed by atoms with Crippen LogP contribution in [0.5, 0.6) is 11.5 Å². The Balaban J connectivity index is 1.89. The van der Waals surface area contributed by atoms with Gasteiger partial charge in [0.15, 0.2) is 17.3 Å². The summed E-state index contributed by atoms with van der Waals surface area (Å²) in [6, 6.07) is 7.71. The average Bonchev–Trinajstić information content (AvgIpc) is 3.29. The lowest BCUT2D eigenvalue weighted by atomic mass is 10.2. The molecule has 2 heterocycles. The molecule has 0 amide bonds. The lowest BCUT2D eigenvalue weighted by Crippen LogP contribution is -2.29. The van der Waals surface area contributed by atoms with Crippen molar-refractivity contribution in [3.8, 4) is 34.5 Å². The number of sulfonamides is 1. The van der Waals surface area contributed by atoms with Crippen molar-refractivity contribution in [2.75, 3.05) is 14.2 Å². The van der Waals surface area contributed by atoms with Crippen LogP contribution in [0.2, 0.25) is 0 Å². The molecule has 27 heavy (non-hydrogen) atoms. The van der Waals surface area contributed by atoms with Gasteiger partial charge >= 0.3 is 0 Å². The minimum Gasteiger partial charge on any atom is -0.493 e. The minimum absolute atomic E-state index is 0.0609. The molecule has 3 aromatic rings. The molecule has 0 aliphatic heterocycles. The number of methoxy groups -OCH3 is 2. The van der Waals surface area contributed by atoms with E-state index < -0.39 is 10.0 Å². The van der Waals surface area contributed by atoms with Gasteiger partial charge < -0.3 is 18.4 Å². The second-order valence-electron chi connectivity index (χ2n) is 5.89. The van der Waals surface area contributed by atoms with Gasteiger partial charge in [-0.3, -0.25) is 0 Å². The van der Waals surface area contributed by atoms with Crippen LogP contribution in [-0.2, 0) is 10.0 Å². The second kappa shape index (κ2) is 7.41. The fourth-order valence-corrected chi connectivity index (χ4v) is 3.55. The standard InChI is InChI=1S/C17H19N3O6S/c1-10(2)20-27(21,22)15-8-7-13(25-15)17-18-16(19-26-17)11-5-6-12(23-3)14(9-11)24-4/h5-10,20H,1-4H3. The van der Waals surface area contributed by atoms with Gasteiger partial charge in [-0.2, -0.15) is 4.98 Å². The lowest BCUT2D eigenvalue weighted by molar-refractivity contribution is 0.355. The molecule has 3 rings (SSSR count). The number of ether oxygens (including phenoxy) is 2. The highest BCUT2D eigenvalue weighted by atomic mass is 32.2. The molecule has 0 atom stereocenters. The third-order valence-corrected chi connectivity index (χ3v) is 5.05. The Hall–Kier alpha value is -2.85. The Morgan fingerprint density at radius 3 is 2.48 bits per heavy atom. The molecule has 1 N–H and O–H groups in total. The molecule has 0 radical (unpaired) electrons. The van der Waals surface area contributed by atoms with E-state index in [-0.39, 0.29) is 22.8 Å². The molecule has 1 aromatic carbocycles. The van der Waals surface area contributed by atoms with Crippen LogP contribution in [0.1, 0.15) is 13.8 Å². The largest absolute Gasteiger partial charge is 0.493 e. The first kappa shape index (κ1) is 18.9. The molecule has 10 heteroatoms. The van der Waals surface area contributed by atoms with E-state index in [2.05, 4.69) is 14.9 Å². The van der Waals surface area contributed by atoms with Crippen molar-refractivity contribution in [1.82, 2.24) is 14.9 Å². The maximum atomic E-state index is 12.1. The normalized spacial score (nSPS) is 11.7. The molecule has 144 valence electrons. The number of hydrogen-bond acceptors (Lipinski definition) is 8. The van der Waals surface area contributed by atoms with Gasteiger partial charge in [-0.25, -0.2) is 13.1 Å². The Labute approximate surface area is 156 Å². The van der Waals surface area contributed by atoms with Gasteiger partial charge in [0, 0.05) is 11.6 Å². The number of aromatic nitrogens is 2. The minimum atomic E-state index is -3.75. The molecule has 0 spiro atoms. The first-order chi connectivity index (χ1) is 12.8. The van der Waals surface area contributed by atoms with Crippen LogP contribution >= 0.6 is 0 Å². The van der Waals surface area contributed by atoms with Gasteiger partial charge in [0.05, 0.1) is 14.2 Å². The number of benzene rings is 1. The van der Waals surface area contributed by atoms with Crippen LogP contribution in [0.3, 0.4) is 0 Å². The summed E-state index contributed by atoms with van der Waals surface area (Å²) in [4.78, 5) is 4.25. The molecule has 9 nitrogen and oxygen atoms in total. The van der Waals surface area contributed by atoms with E-state index in [1.54, 1.807) is 39.2 Å². The predicted octanol–water partition coefficient (Wildman–Crippen LogP) is 2.70. The fraction of sp³-hybridized carbons (Fsp3) is 0.294. The monoisotopic (exact) mass is 393 g/mol. The van der Waals surface area contributed by atoms with Crippen LogP contribution in [0.4, 0.5) is 0 Å². The SMILES string of the molecule is COc1ccc(-c2noc(-c3ccc(S(=O)(=O)NC(C)C)o3)n2)cc1OC. The van der Waals surface area contributed by atoms with Crippen LogP contribution in [0, 0.1) is 0 Å². The zero-order chi connectivity index (χ0) is 19.6. The van der Waals surface area contributed by atoms with Crippen LogP contribution < -0.4 is 14.2 Å². The first-order valence-electron chi connectivity index (χ1n) is 8.02. The number of hydrogen-bond donors (Lipinski definition) is 1. The van der Waals surface area contributed by atoms with Crippen molar-refractivity contribution in [2.45, 2.75) is 25.0 Å². The van der Waals surface area contributed by atoms with Gasteiger partial charge in [-0.15, -0.1) is 0 Å². The summed E-state index contributed by atoms with van der Waals surface area (Å²) in [5, 5.41) is 3.68. The molecular weight excluding hydrogens is 374 g/mol. The fourth-order valence-electron chi connectivity index (χ4n) is 2.36. The van der Waals surface area contributed by atoms with Crippen molar-refractivity contribution < 1.29 is 26.8 Å². The highest BCUT2D eigenvalue weighted by molar-refractivity contribution is 7.89. The van der Waals surface area contributed by atoms with Gasteiger partial charge in [0.1, 0.15) is 0 Å². The summed E-state index contributed by atoms with van der Waals surface area (Å²) in [7, 11) is -0.676. The Morgan fingerprint density at radius 1 is 1.07 bits per heavy atom. The summed E-state index contributed by atoms with van der Waals surface area (Å²) < 4.78 is 47.8. The Kier molecular flexibility index (Phi) is 5.19. The van der Waals surface area contributed by atoms with Gasteiger partial charge in [-0.05, 0) is 44.2 Å². The molecule has 0 bridgehead atoms. The topological polar surface area (TPSA) is 117 Å². The van der Waals surface area contributed by atoms with Gasteiger partial charge in [0.2, 0.25) is 10.9 Å². The van der Waals surface area contributed by atoms with E-state index in [0.29, 0.717) is 22.9 Å². The van der Waals surface area contributed by atoms with Crippen molar-refractivity contribution in [3.63, 3.8) is 0 Å². The molecule has 0 fully saturated rings. The summed E-state index contributed by atoms with van der Waals surface area (Å²) in [5.74, 6) is 1.60. The predicted molar refractivity (Wildman–Crippen MR) is 96.0 cm³/mol. The van der Waals surface area contributed by atoms with Crippen molar-refractivity contribution in [1.29, 1.82) is 0 Å². The zero-order valence-corrected chi connectivity index (χ0v) is 16.0. The van der Waals surface area contributed by atoms with Crippen molar-refractivity contribution >= 4 is 10.0 Å². The molecule has 0 aliphatic rings. The average molecular weight is 393 g/mol. The third kappa shape index (κ3) is 3.96. The summed E-state index contributed by atoms with van der Waals surface area (Å²) in [6.07, 6.45) is 0. The zero-order valence-electron chi connectivity index (χ0n) is 15.2. The first-order valence-corrected chi connectivity index (χ1v) is 9.51. The summed E-state index contributed by atoms with van der Waals surface area (Å²) in [6.45, 7) is 3.43. The van der Waals surface area contributed by atoms with E-state index >= 15 is 0 Å². The van der Waals surface area contributed by atoms with Gasteiger partial charge in [-0.1, -0.05) is 5.16 Å². The maximum Gasteiger partial charge on any atom is 0.293 e. The molecular formula is C17H19N3O6S. The highest BCUT2D eigenvalue weighted by Gasteiger charge is 2.22. The summed E-state index contributed by atoms with van der Waals surface area (Å²) >= 11 is 0. The van der Waals surface area contributed by atoms with Crippen LogP contribution in [0.15, 0.2) is 44.4 Å². The lowest BCUT2D eigenvalue weighted by Gasteiger charge is -2.07. The van der Waals surface area contributed by atoms with E-state index in [1.807, 2.05) is 0 Å².